The van der Waals surface area contributed by atoms with Crippen LogP contribution in [0.15, 0.2) is 0 Å². The second-order valence-electron chi connectivity index (χ2n) is 7.42. The van der Waals surface area contributed by atoms with Crippen molar-refractivity contribution in [3.8, 4) is 0 Å². The summed E-state index contributed by atoms with van der Waals surface area (Å²) in [5, 5.41) is 12.8. The fourth-order valence-corrected chi connectivity index (χ4v) is 2.33. The maximum atomic E-state index is 12.5. The summed E-state index contributed by atoms with van der Waals surface area (Å²) in [5.74, 6) is 0.610. The van der Waals surface area contributed by atoms with E-state index in [4.69, 9.17) is 5.73 Å². The first-order chi connectivity index (χ1) is 8.54. The number of aliphatic hydroxyl groups is 1. The highest BCUT2D eigenvalue weighted by atomic mass is 16.3. The van der Waals surface area contributed by atoms with Gasteiger partial charge in [0.25, 0.3) is 0 Å². The van der Waals surface area contributed by atoms with E-state index in [0.29, 0.717) is 5.92 Å². The van der Waals surface area contributed by atoms with Crippen LogP contribution in [0.2, 0.25) is 0 Å². The molecule has 1 fully saturated rings. The Bertz CT molecular complexity index is 324. The highest BCUT2D eigenvalue weighted by Gasteiger charge is 2.44. The van der Waals surface area contributed by atoms with Crippen LogP contribution >= 0.6 is 0 Å². The standard InChI is InChI=1S/C15H30N2O2/c1-11-6-8-15(10-18,9-7-11)17-12(19)13(2,3)14(4,5)16/h11,18H,6-10,16H2,1-5H3,(H,17,19). The molecule has 4 heteroatoms. The van der Waals surface area contributed by atoms with Gasteiger partial charge in [-0.1, -0.05) is 6.92 Å². The van der Waals surface area contributed by atoms with Gasteiger partial charge >= 0.3 is 0 Å². The number of rotatable bonds is 4. The maximum Gasteiger partial charge on any atom is 0.228 e. The Labute approximate surface area is 117 Å². The summed E-state index contributed by atoms with van der Waals surface area (Å²) in [4.78, 5) is 12.5. The first-order valence-corrected chi connectivity index (χ1v) is 7.26. The Morgan fingerprint density at radius 3 is 2.16 bits per heavy atom. The van der Waals surface area contributed by atoms with E-state index in [-0.39, 0.29) is 12.5 Å². The summed E-state index contributed by atoms with van der Waals surface area (Å²) in [6.45, 7) is 9.67. The molecule has 1 aliphatic rings. The molecule has 0 aromatic heterocycles. The summed E-state index contributed by atoms with van der Waals surface area (Å²) in [7, 11) is 0. The van der Waals surface area contributed by atoms with Crippen LogP contribution < -0.4 is 11.1 Å². The van der Waals surface area contributed by atoms with Crippen LogP contribution in [0.3, 0.4) is 0 Å². The zero-order chi connectivity index (χ0) is 14.9. The van der Waals surface area contributed by atoms with Gasteiger partial charge in [-0.2, -0.15) is 0 Å². The van der Waals surface area contributed by atoms with Crippen molar-refractivity contribution >= 4 is 5.91 Å². The molecule has 0 aromatic carbocycles. The first kappa shape index (κ1) is 16.4. The molecular weight excluding hydrogens is 240 g/mol. The predicted molar refractivity (Wildman–Crippen MR) is 77.6 cm³/mol. The van der Waals surface area contributed by atoms with Gasteiger partial charge in [0.2, 0.25) is 5.91 Å². The number of amides is 1. The summed E-state index contributed by atoms with van der Waals surface area (Å²) in [5.41, 5.74) is 4.38. The van der Waals surface area contributed by atoms with Crippen molar-refractivity contribution in [3.05, 3.63) is 0 Å². The van der Waals surface area contributed by atoms with Crippen molar-refractivity contribution in [2.24, 2.45) is 17.1 Å². The lowest BCUT2D eigenvalue weighted by Gasteiger charge is -2.43. The van der Waals surface area contributed by atoms with Gasteiger partial charge in [-0.3, -0.25) is 4.79 Å². The molecule has 0 bridgehead atoms. The smallest absolute Gasteiger partial charge is 0.228 e. The van der Waals surface area contributed by atoms with E-state index in [1.54, 1.807) is 0 Å². The molecule has 1 amide bonds. The first-order valence-electron chi connectivity index (χ1n) is 7.26. The van der Waals surface area contributed by atoms with Gasteiger partial charge in [0.05, 0.1) is 17.6 Å². The van der Waals surface area contributed by atoms with E-state index in [9.17, 15) is 9.90 Å². The fourth-order valence-electron chi connectivity index (χ4n) is 2.33. The van der Waals surface area contributed by atoms with Crippen molar-refractivity contribution in [2.75, 3.05) is 6.61 Å². The van der Waals surface area contributed by atoms with Gasteiger partial charge in [-0.05, 0) is 59.3 Å². The average molecular weight is 270 g/mol. The summed E-state index contributed by atoms with van der Waals surface area (Å²) < 4.78 is 0. The van der Waals surface area contributed by atoms with Crippen molar-refractivity contribution in [1.82, 2.24) is 5.32 Å². The third-order valence-corrected chi connectivity index (χ3v) is 5.09. The molecule has 0 unspecified atom stereocenters. The Morgan fingerprint density at radius 2 is 1.79 bits per heavy atom. The molecule has 1 aliphatic carbocycles. The van der Waals surface area contributed by atoms with E-state index in [1.165, 1.54) is 0 Å². The number of aliphatic hydroxyl groups excluding tert-OH is 1. The zero-order valence-corrected chi connectivity index (χ0v) is 13.0. The Kier molecular flexibility index (Phi) is 4.68. The van der Waals surface area contributed by atoms with Crippen molar-refractivity contribution in [3.63, 3.8) is 0 Å². The lowest BCUT2D eigenvalue weighted by Crippen LogP contribution is -2.62. The molecule has 1 saturated carbocycles. The van der Waals surface area contributed by atoms with Crippen LogP contribution in [0.5, 0.6) is 0 Å². The molecule has 0 spiro atoms. The molecule has 0 aromatic rings. The minimum Gasteiger partial charge on any atom is -0.394 e. The quantitative estimate of drug-likeness (QED) is 0.729. The highest BCUT2D eigenvalue weighted by molar-refractivity contribution is 5.84. The molecule has 0 radical (unpaired) electrons. The SMILES string of the molecule is CC1CCC(CO)(NC(=O)C(C)(C)C(C)(C)N)CC1. The molecular formula is C15H30N2O2. The normalized spacial score (nSPS) is 29.1. The predicted octanol–water partition coefficient (Wildman–Crippen LogP) is 1.81. The van der Waals surface area contributed by atoms with Crippen LogP contribution in [0.25, 0.3) is 0 Å². The minimum absolute atomic E-state index is 0.00649. The number of nitrogens with one attached hydrogen (secondary N) is 1. The van der Waals surface area contributed by atoms with Crippen LogP contribution in [0.4, 0.5) is 0 Å². The summed E-state index contributed by atoms with van der Waals surface area (Å²) >= 11 is 0. The maximum absolute atomic E-state index is 12.5. The molecule has 1 rings (SSSR count). The molecule has 4 N–H and O–H groups in total. The van der Waals surface area contributed by atoms with Crippen molar-refractivity contribution in [2.45, 2.75) is 71.4 Å². The second kappa shape index (κ2) is 5.41. The van der Waals surface area contributed by atoms with E-state index < -0.39 is 16.5 Å². The van der Waals surface area contributed by atoms with Gasteiger partial charge in [0.1, 0.15) is 0 Å². The minimum atomic E-state index is -0.668. The topological polar surface area (TPSA) is 75.3 Å². The fraction of sp³-hybridized carbons (Fsp3) is 0.933. The van der Waals surface area contributed by atoms with Gasteiger partial charge in [0, 0.05) is 5.54 Å². The van der Waals surface area contributed by atoms with Gasteiger partial charge < -0.3 is 16.2 Å². The monoisotopic (exact) mass is 270 g/mol. The Morgan fingerprint density at radius 1 is 1.32 bits per heavy atom. The highest BCUT2D eigenvalue weighted by Crippen LogP contribution is 2.34. The van der Waals surface area contributed by atoms with Gasteiger partial charge in [-0.25, -0.2) is 0 Å². The number of carbonyl (C=O) groups excluding carboxylic acids is 1. The molecule has 0 aliphatic heterocycles. The number of carbonyl (C=O) groups is 1. The molecule has 0 saturated heterocycles. The molecule has 0 atom stereocenters. The van der Waals surface area contributed by atoms with Gasteiger partial charge in [0.15, 0.2) is 0 Å². The van der Waals surface area contributed by atoms with Crippen LogP contribution in [-0.4, -0.2) is 28.7 Å². The molecule has 0 heterocycles. The van der Waals surface area contributed by atoms with Crippen LogP contribution in [-0.2, 0) is 4.79 Å². The Hall–Kier alpha value is -0.610. The average Bonchev–Trinajstić information content (AvgIpc) is 2.31. The number of hydrogen-bond acceptors (Lipinski definition) is 3. The Balaban J connectivity index is 2.79. The summed E-state index contributed by atoms with van der Waals surface area (Å²) in [6.07, 6.45) is 3.79. The number of nitrogens with two attached hydrogens (primary N) is 1. The second-order valence-corrected chi connectivity index (χ2v) is 7.42. The molecule has 19 heavy (non-hydrogen) atoms. The third kappa shape index (κ3) is 3.48. The molecule has 4 nitrogen and oxygen atoms in total. The lowest BCUT2D eigenvalue weighted by molar-refractivity contribution is -0.135. The number of hydrogen-bond donors (Lipinski definition) is 3. The lowest BCUT2D eigenvalue weighted by atomic mass is 9.72. The van der Waals surface area contributed by atoms with Crippen LogP contribution in [0.1, 0.15) is 60.3 Å². The zero-order valence-electron chi connectivity index (χ0n) is 13.0. The van der Waals surface area contributed by atoms with Crippen molar-refractivity contribution < 1.29 is 9.90 Å². The largest absolute Gasteiger partial charge is 0.394 e. The summed E-state index contributed by atoms with van der Waals surface area (Å²) in [6, 6.07) is 0. The van der Waals surface area contributed by atoms with E-state index >= 15 is 0 Å². The van der Waals surface area contributed by atoms with Gasteiger partial charge in [-0.15, -0.1) is 0 Å². The van der Waals surface area contributed by atoms with E-state index in [0.717, 1.165) is 25.7 Å². The van der Waals surface area contributed by atoms with E-state index in [2.05, 4.69) is 12.2 Å². The van der Waals surface area contributed by atoms with Crippen LogP contribution in [0, 0.1) is 11.3 Å². The molecule has 112 valence electrons. The van der Waals surface area contributed by atoms with E-state index in [1.807, 2.05) is 27.7 Å². The van der Waals surface area contributed by atoms with Crippen molar-refractivity contribution in [1.29, 1.82) is 0 Å². The third-order valence-electron chi connectivity index (χ3n) is 5.09.